The Kier molecular flexibility index (Phi) is 6.21. The lowest BCUT2D eigenvalue weighted by molar-refractivity contribution is 0.207. The molecule has 2 amide bonds. The predicted octanol–water partition coefficient (Wildman–Crippen LogP) is 4.28. The van der Waals surface area contributed by atoms with E-state index < -0.39 is 6.04 Å². The standard InChI is InChI=1S/C24H26N4O5/c1-6-28-14(2)20(21(25-24(28)29)15-7-10-17(30-3)11-8-15)23-26-22(27-33-23)16-9-12-18(31-4)19(13-16)32-5/h7-13,21H,6H2,1-5H3,(H,25,29). The van der Waals surface area contributed by atoms with Crippen LogP contribution < -0.4 is 19.5 Å². The maximum atomic E-state index is 12.7. The van der Waals surface area contributed by atoms with Crippen molar-refractivity contribution in [3.8, 4) is 28.6 Å². The number of carbonyl (C=O) groups excluding carboxylic acids is 1. The number of rotatable bonds is 7. The minimum Gasteiger partial charge on any atom is -0.497 e. The van der Waals surface area contributed by atoms with Crippen LogP contribution in [0.1, 0.15) is 31.3 Å². The maximum absolute atomic E-state index is 12.7. The van der Waals surface area contributed by atoms with Crippen molar-refractivity contribution in [2.24, 2.45) is 0 Å². The van der Waals surface area contributed by atoms with Crippen molar-refractivity contribution in [3.05, 3.63) is 59.6 Å². The molecule has 4 rings (SSSR count). The lowest BCUT2D eigenvalue weighted by Crippen LogP contribution is -2.45. The first-order chi connectivity index (χ1) is 16.0. The van der Waals surface area contributed by atoms with E-state index in [1.165, 1.54) is 0 Å². The number of amides is 2. The molecule has 0 radical (unpaired) electrons. The monoisotopic (exact) mass is 450 g/mol. The molecule has 0 fully saturated rings. The minimum atomic E-state index is -0.454. The Hall–Kier alpha value is -4.01. The van der Waals surface area contributed by atoms with Gasteiger partial charge in [-0.2, -0.15) is 4.98 Å². The van der Waals surface area contributed by atoms with Crippen molar-refractivity contribution >= 4 is 11.6 Å². The van der Waals surface area contributed by atoms with Crippen molar-refractivity contribution in [2.45, 2.75) is 19.9 Å². The molecule has 1 aliphatic heterocycles. The Labute approximate surface area is 191 Å². The summed E-state index contributed by atoms with van der Waals surface area (Å²) in [5.74, 6) is 2.63. The topological polar surface area (TPSA) is 99.0 Å². The number of ether oxygens (including phenoxy) is 3. The summed E-state index contributed by atoms with van der Waals surface area (Å²) in [7, 11) is 4.76. The van der Waals surface area contributed by atoms with Crippen LogP contribution in [0.2, 0.25) is 0 Å². The number of carbonyl (C=O) groups is 1. The summed E-state index contributed by atoms with van der Waals surface area (Å²) in [5, 5.41) is 7.24. The summed E-state index contributed by atoms with van der Waals surface area (Å²) in [6.07, 6.45) is 0. The number of nitrogens with one attached hydrogen (secondary N) is 1. The number of nitrogens with zero attached hydrogens (tertiary/aromatic N) is 3. The molecule has 2 aromatic carbocycles. The molecular formula is C24H26N4O5. The van der Waals surface area contributed by atoms with E-state index in [0.717, 1.165) is 22.6 Å². The Morgan fingerprint density at radius 2 is 1.76 bits per heavy atom. The third-order valence-corrected chi connectivity index (χ3v) is 5.66. The Morgan fingerprint density at radius 3 is 2.39 bits per heavy atom. The number of hydrogen-bond acceptors (Lipinski definition) is 7. The number of urea groups is 1. The van der Waals surface area contributed by atoms with E-state index in [2.05, 4.69) is 15.5 Å². The van der Waals surface area contributed by atoms with E-state index in [1.54, 1.807) is 38.4 Å². The fraction of sp³-hybridized carbons (Fsp3) is 0.292. The second-order valence-electron chi connectivity index (χ2n) is 7.39. The fourth-order valence-corrected chi connectivity index (χ4v) is 3.91. The molecule has 0 saturated carbocycles. The predicted molar refractivity (Wildman–Crippen MR) is 122 cm³/mol. The lowest BCUT2D eigenvalue weighted by atomic mass is 9.94. The maximum Gasteiger partial charge on any atom is 0.322 e. The first kappa shape index (κ1) is 22.2. The van der Waals surface area contributed by atoms with Crippen molar-refractivity contribution in [2.75, 3.05) is 27.9 Å². The van der Waals surface area contributed by atoms with Crippen molar-refractivity contribution in [1.29, 1.82) is 0 Å². The summed E-state index contributed by atoms with van der Waals surface area (Å²) in [6.45, 7) is 4.30. The molecule has 1 unspecified atom stereocenters. The van der Waals surface area contributed by atoms with E-state index in [-0.39, 0.29) is 6.03 Å². The summed E-state index contributed by atoms with van der Waals surface area (Å²) in [5.41, 5.74) is 3.08. The van der Waals surface area contributed by atoms with Gasteiger partial charge in [0.15, 0.2) is 11.5 Å². The number of aromatic nitrogens is 2. The number of allylic oxidation sites excluding steroid dienone is 1. The molecule has 33 heavy (non-hydrogen) atoms. The molecule has 9 nitrogen and oxygen atoms in total. The zero-order chi connectivity index (χ0) is 23.5. The van der Waals surface area contributed by atoms with E-state index >= 15 is 0 Å². The molecule has 172 valence electrons. The lowest BCUT2D eigenvalue weighted by Gasteiger charge is -2.34. The third-order valence-electron chi connectivity index (χ3n) is 5.66. The van der Waals surface area contributed by atoms with Crippen LogP contribution in [0.4, 0.5) is 4.79 Å². The minimum absolute atomic E-state index is 0.181. The highest BCUT2D eigenvalue weighted by molar-refractivity contribution is 5.86. The average Bonchev–Trinajstić information content (AvgIpc) is 3.33. The second kappa shape index (κ2) is 9.23. The highest BCUT2D eigenvalue weighted by Crippen LogP contribution is 2.38. The Morgan fingerprint density at radius 1 is 1.03 bits per heavy atom. The molecule has 0 aliphatic carbocycles. The number of benzene rings is 2. The zero-order valence-electron chi connectivity index (χ0n) is 19.2. The van der Waals surface area contributed by atoms with Crippen molar-refractivity contribution < 1.29 is 23.5 Å². The van der Waals surface area contributed by atoms with Crippen LogP contribution in [-0.2, 0) is 0 Å². The molecule has 1 aliphatic rings. The smallest absolute Gasteiger partial charge is 0.322 e. The van der Waals surface area contributed by atoms with Gasteiger partial charge in [0.1, 0.15) is 5.75 Å². The average molecular weight is 450 g/mol. The third kappa shape index (κ3) is 4.09. The van der Waals surface area contributed by atoms with Crippen LogP contribution in [0.25, 0.3) is 17.0 Å². The van der Waals surface area contributed by atoms with Gasteiger partial charge in [-0.1, -0.05) is 17.3 Å². The number of methoxy groups -OCH3 is 3. The number of hydrogen-bond donors (Lipinski definition) is 1. The van der Waals surface area contributed by atoms with Gasteiger partial charge in [-0.3, -0.25) is 4.90 Å². The van der Waals surface area contributed by atoms with Crippen molar-refractivity contribution in [3.63, 3.8) is 0 Å². The highest BCUT2D eigenvalue weighted by Gasteiger charge is 2.35. The Bertz CT molecular complexity index is 1190. The van der Waals surface area contributed by atoms with Gasteiger partial charge in [0.2, 0.25) is 5.82 Å². The molecule has 0 spiro atoms. The summed E-state index contributed by atoms with van der Waals surface area (Å²) in [4.78, 5) is 19.0. The summed E-state index contributed by atoms with van der Waals surface area (Å²) in [6, 6.07) is 12.3. The SMILES string of the molecule is CCN1C(=O)NC(c2ccc(OC)cc2)C(c2nc(-c3ccc(OC)c(OC)c3)no2)=C1C. The van der Waals surface area contributed by atoms with Crippen LogP contribution in [0.3, 0.4) is 0 Å². The van der Waals surface area contributed by atoms with Gasteiger partial charge in [-0.25, -0.2) is 4.79 Å². The van der Waals surface area contributed by atoms with E-state index in [0.29, 0.717) is 35.3 Å². The first-order valence-corrected chi connectivity index (χ1v) is 10.5. The summed E-state index contributed by atoms with van der Waals surface area (Å²) >= 11 is 0. The molecule has 9 heteroatoms. The van der Waals surface area contributed by atoms with Gasteiger partial charge in [0, 0.05) is 17.8 Å². The highest BCUT2D eigenvalue weighted by atomic mass is 16.5. The molecule has 1 N–H and O–H groups in total. The molecule has 1 aromatic heterocycles. The van der Waals surface area contributed by atoms with Crippen LogP contribution in [0.5, 0.6) is 17.2 Å². The molecule has 3 aromatic rings. The largest absolute Gasteiger partial charge is 0.497 e. The zero-order valence-corrected chi connectivity index (χ0v) is 19.2. The molecular weight excluding hydrogens is 424 g/mol. The second-order valence-corrected chi connectivity index (χ2v) is 7.39. The van der Waals surface area contributed by atoms with Gasteiger partial charge in [0.25, 0.3) is 5.89 Å². The van der Waals surface area contributed by atoms with Crippen molar-refractivity contribution in [1.82, 2.24) is 20.4 Å². The van der Waals surface area contributed by atoms with Gasteiger partial charge in [-0.15, -0.1) is 0 Å². The van der Waals surface area contributed by atoms with E-state index in [9.17, 15) is 4.79 Å². The van der Waals surface area contributed by atoms with Gasteiger partial charge in [-0.05, 0) is 49.7 Å². The van der Waals surface area contributed by atoms with Crippen LogP contribution >= 0.6 is 0 Å². The molecule has 0 bridgehead atoms. The van der Waals surface area contributed by atoms with E-state index in [1.807, 2.05) is 44.2 Å². The van der Waals surface area contributed by atoms with Crippen LogP contribution in [0.15, 0.2) is 52.7 Å². The molecule has 0 saturated heterocycles. The van der Waals surface area contributed by atoms with Crippen LogP contribution in [0, 0.1) is 0 Å². The fourth-order valence-electron chi connectivity index (χ4n) is 3.91. The van der Waals surface area contributed by atoms with Crippen LogP contribution in [-0.4, -0.2) is 48.9 Å². The Balaban J connectivity index is 1.78. The van der Waals surface area contributed by atoms with E-state index in [4.69, 9.17) is 18.7 Å². The normalized spacial score (nSPS) is 16.0. The van der Waals surface area contributed by atoms with Gasteiger partial charge >= 0.3 is 6.03 Å². The van der Waals surface area contributed by atoms with Gasteiger partial charge in [0.05, 0.1) is 32.9 Å². The first-order valence-electron chi connectivity index (χ1n) is 10.5. The summed E-state index contributed by atoms with van der Waals surface area (Å²) < 4.78 is 21.6. The quantitative estimate of drug-likeness (QED) is 0.574. The molecule has 1 atom stereocenters. The van der Waals surface area contributed by atoms with Gasteiger partial charge < -0.3 is 24.1 Å². The molecule has 2 heterocycles.